The van der Waals surface area contributed by atoms with Gasteiger partial charge in [-0.05, 0) is 31.2 Å². The Bertz CT molecular complexity index is 478. The number of aliphatic carboxylic acids is 1. The van der Waals surface area contributed by atoms with Crippen LogP contribution in [0.15, 0.2) is 24.3 Å². The van der Waals surface area contributed by atoms with Crippen molar-refractivity contribution in [1.82, 2.24) is 5.32 Å². The van der Waals surface area contributed by atoms with Crippen LogP contribution < -0.4 is 10.2 Å². The second kappa shape index (κ2) is 8.21. The van der Waals surface area contributed by atoms with Gasteiger partial charge in [0.15, 0.2) is 0 Å². The topological polar surface area (TPSA) is 78.9 Å². The lowest BCUT2D eigenvalue weighted by molar-refractivity contribution is -0.139. The van der Waals surface area contributed by atoms with Crippen LogP contribution >= 0.6 is 0 Å². The molecule has 0 bridgehead atoms. The standard InChI is InChI=1S/C14H19FN2O4/c1-3-17(11-6-4-10(15)5-7-11)14(20)16-12(13(18)19)8-9-21-2/h4-7,12H,3,8-9H2,1-2H3,(H,16,20)(H,18,19). The first-order valence-corrected chi connectivity index (χ1v) is 6.55. The number of amides is 2. The summed E-state index contributed by atoms with van der Waals surface area (Å²) in [6, 6.07) is 3.82. The van der Waals surface area contributed by atoms with E-state index < -0.39 is 23.9 Å². The normalized spacial score (nSPS) is 11.8. The van der Waals surface area contributed by atoms with Crippen molar-refractivity contribution >= 4 is 17.7 Å². The Labute approximate surface area is 122 Å². The number of nitrogens with zero attached hydrogens (tertiary/aromatic N) is 1. The third-order valence-electron chi connectivity index (χ3n) is 2.91. The number of carboxylic acid groups (broad SMARTS) is 1. The number of carbonyl (C=O) groups is 2. The predicted octanol–water partition coefficient (Wildman–Crippen LogP) is 1.85. The molecule has 0 spiro atoms. The van der Waals surface area contributed by atoms with E-state index >= 15 is 0 Å². The van der Waals surface area contributed by atoms with E-state index in [1.807, 2.05) is 0 Å². The van der Waals surface area contributed by atoms with Gasteiger partial charge in [0.1, 0.15) is 11.9 Å². The molecule has 0 fully saturated rings. The quantitative estimate of drug-likeness (QED) is 0.805. The molecule has 2 amide bonds. The van der Waals surface area contributed by atoms with Gasteiger partial charge in [0.2, 0.25) is 0 Å². The van der Waals surface area contributed by atoms with Crippen molar-refractivity contribution in [3.05, 3.63) is 30.1 Å². The minimum absolute atomic E-state index is 0.165. The highest BCUT2D eigenvalue weighted by molar-refractivity contribution is 5.94. The van der Waals surface area contributed by atoms with Crippen molar-refractivity contribution in [1.29, 1.82) is 0 Å². The summed E-state index contributed by atoms with van der Waals surface area (Å²) in [6.07, 6.45) is 0.165. The van der Waals surface area contributed by atoms with Gasteiger partial charge < -0.3 is 15.2 Å². The number of carboxylic acids is 1. The molecule has 1 rings (SSSR count). The molecule has 1 aromatic carbocycles. The van der Waals surface area contributed by atoms with Crippen LogP contribution in [0.5, 0.6) is 0 Å². The predicted molar refractivity (Wildman–Crippen MR) is 75.9 cm³/mol. The molecule has 0 heterocycles. The Kier molecular flexibility index (Phi) is 6.61. The fraction of sp³-hybridized carbons (Fsp3) is 0.429. The van der Waals surface area contributed by atoms with Crippen LogP contribution in [0.4, 0.5) is 14.9 Å². The highest BCUT2D eigenvalue weighted by Gasteiger charge is 2.23. The second-order valence-electron chi connectivity index (χ2n) is 4.34. The minimum atomic E-state index is -1.13. The number of carbonyl (C=O) groups excluding carboxylic acids is 1. The maximum atomic E-state index is 12.9. The number of benzene rings is 1. The molecule has 0 aromatic heterocycles. The van der Waals surface area contributed by atoms with Gasteiger partial charge in [-0.25, -0.2) is 14.0 Å². The van der Waals surface area contributed by atoms with Crippen molar-refractivity contribution in [3.63, 3.8) is 0 Å². The third-order valence-corrected chi connectivity index (χ3v) is 2.91. The molecule has 6 nitrogen and oxygen atoms in total. The molecule has 0 aliphatic carbocycles. The number of anilines is 1. The first-order chi connectivity index (χ1) is 9.99. The zero-order valence-corrected chi connectivity index (χ0v) is 12.0. The van der Waals surface area contributed by atoms with Gasteiger partial charge >= 0.3 is 12.0 Å². The van der Waals surface area contributed by atoms with E-state index in [1.54, 1.807) is 6.92 Å². The summed E-state index contributed by atoms with van der Waals surface area (Å²) in [6.45, 7) is 2.29. The van der Waals surface area contributed by atoms with Gasteiger partial charge in [-0.15, -0.1) is 0 Å². The maximum Gasteiger partial charge on any atom is 0.326 e. The highest BCUT2D eigenvalue weighted by Crippen LogP contribution is 2.15. The molecule has 0 saturated heterocycles. The number of rotatable bonds is 7. The van der Waals surface area contributed by atoms with Crippen LogP contribution in [-0.2, 0) is 9.53 Å². The molecule has 1 atom stereocenters. The van der Waals surface area contributed by atoms with E-state index in [-0.39, 0.29) is 13.0 Å². The number of nitrogens with one attached hydrogen (secondary N) is 1. The average Bonchev–Trinajstić information content (AvgIpc) is 2.46. The molecule has 0 saturated carbocycles. The number of ether oxygens (including phenoxy) is 1. The van der Waals surface area contributed by atoms with Crippen LogP contribution in [0.1, 0.15) is 13.3 Å². The first kappa shape index (κ1) is 16.9. The van der Waals surface area contributed by atoms with Crippen molar-refractivity contribution in [3.8, 4) is 0 Å². The van der Waals surface area contributed by atoms with Crippen LogP contribution in [-0.4, -0.2) is 43.4 Å². The molecular formula is C14H19FN2O4. The summed E-state index contributed by atoms with van der Waals surface area (Å²) >= 11 is 0. The van der Waals surface area contributed by atoms with Gasteiger partial charge in [-0.2, -0.15) is 0 Å². The molecule has 7 heteroatoms. The Morgan fingerprint density at radius 1 is 1.38 bits per heavy atom. The summed E-state index contributed by atoms with van der Waals surface area (Å²) < 4.78 is 17.7. The lowest BCUT2D eigenvalue weighted by Gasteiger charge is -2.24. The number of halogens is 1. The van der Waals surface area contributed by atoms with Crippen LogP contribution in [0.25, 0.3) is 0 Å². The molecule has 21 heavy (non-hydrogen) atoms. The highest BCUT2D eigenvalue weighted by atomic mass is 19.1. The average molecular weight is 298 g/mol. The summed E-state index contributed by atoms with van der Waals surface area (Å²) in [5, 5.41) is 11.5. The van der Waals surface area contributed by atoms with Crippen molar-refractivity contribution in [2.24, 2.45) is 0 Å². The lowest BCUT2D eigenvalue weighted by Crippen LogP contribution is -2.48. The Morgan fingerprint density at radius 2 is 2.00 bits per heavy atom. The van der Waals surface area contributed by atoms with E-state index in [0.29, 0.717) is 12.2 Å². The molecule has 0 aliphatic rings. The van der Waals surface area contributed by atoms with Crippen molar-refractivity contribution in [2.45, 2.75) is 19.4 Å². The van der Waals surface area contributed by atoms with Crippen molar-refractivity contribution in [2.75, 3.05) is 25.2 Å². The number of urea groups is 1. The summed E-state index contributed by atoms with van der Waals surface area (Å²) in [7, 11) is 1.46. The van der Waals surface area contributed by atoms with E-state index in [4.69, 9.17) is 9.84 Å². The van der Waals surface area contributed by atoms with Crippen LogP contribution in [0.2, 0.25) is 0 Å². The molecule has 2 N–H and O–H groups in total. The van der Waals surface area contributed by atoms with Crippen LogP contribution in [0.3, 0.4) is 0 Å². The largest absolute Gasteiger partial charge is 0.480 e. The monoisotopic (exact) mass is 298 g/mol. The third kappa shape index (κ3) is 5.03. The van der Waals surface area contributed by atoms with E-state index in [9.17, 15) is 14.0 Å². The zero-order valence-electron chi connectivity index (χ0n) is 12.0. The molecule has 116 valence electrons. The Balaban J connectivity index is 2.77. The Morgan fingerprint density at radius 3 is 2.48 bits per heavy atom. The number of hydrogen-bond acceptors (Lipinski definition) is 3. The first-order valence-electron chi connectivity index (χ1n) is 6.55. The van der Waals surface area contributed by atoms with E-state index in [2.05, 4.69) is 5.32 Å². The zero-order chi connectivity index (χ0) is 15.8. The van der Waals surface area contributed by atoms with Gasteiger partial charge in [0.05, 0.1) is 0 Å². The minimum Gasteiger partial charge on any atom is -0.480 e. The van der Waals surface area contributed by atoms with Gasteiger partial charge in [0, 0.05) is 32.4 Å². The molecule has 0 aliphatic heterocycles. The maximum absolute atomic E-state index is 12.9. The fourth-order valence-corrected chi connectivity index (χ4v) is 1.78. The number of hydrogen-bond donors (Lipinski definition) is 2. The van der Waals surface area contributed by atoms with Gasteiger partial charge in [-0.1, -0.05) is 0 Å². The van der Waals surface area contributed by atoms with Crippen LogP contribution in [0, 0.1) is 5.82 Å². The lowest BCUT2D eigenvalue weighted by atomic mass is 10.2. The molecule has 0 radical (unpaired) electrons. The second-order valence-corrected chi connectivity index (χ2v) is 4.34. The summed E-state index contributed by atoms with van der Waals surface area (Å²) in [5.74, 6) is -1.53. The molecule has 1 unspecified atom stereocenters. The molecule has 1 aromatic rings. The summed E-state index contributed by atoms with van der Waals surface area (Å²) in [4.78, 5) is 24.6. The summed E-state index contributed by atoms with van der Waals surface area (Å²) in [5.41, 5.74) is 0.493. The van der Waals surface area contributed by atoms with Crippen molar-refractivity contribution < 1.29 is 23.8 Å². The van der Waals surface area contributed by atoms with E-state index in [1.165, 1.54) is 36.3 Å². The molecular weight excluding hydrogens is 279 g/mol. The van der Waals surface area contributed by atoms with Gasteiger partial charge in [0.25, 0.3) is 0 Å². The Hall–Kier alpha value is -2.15. The SMILES string of the molecule is CCN(C(=O)NC(CCOC)C(=O)O)c1ccc(F)cc1. The van der Waals surface area contributed by atoms with E-state index in [0.717, 1.165) is 0 Å². The fourth-order valence-electron chi connectivity index (χ4n) is 1.78. The van der Waals surface area contributed by atoms with Gasteiger partial charge in [-0.3, -0.25) is 4.90 Å². The smallest absolute Gasteiger partial charge is 0.326 e. The number of methoxy groups -OCH3 is 1.